The number of fused-ring (bicyclic) bond motifs is 1. The van der Waals surface area contributed by atoms with Gasteiger partial charge < -0.3 is 4.90 Å². The van der Waals surface area contributed by atoms with Crippen molar-refractivity contribution in [3.63, 3.8) is 0 Å². The highest BCUT2D eigenvalue weighted by Crippen LogP contribution is 2.29. The van der Waals surface area contributed by atoms with Crippen LogP contribution >= 0.6 is 11.3 Å². The Labute approximate surface area is 166 Å². The van der Waals surface area contributed by atoms with E-state index in [-0.39, 0.29) is 11.0 Å². The van der Waals surface area contributed by atoms with E-state index in [9.17, 15) is 4.79 Å². The normalized spacial score (nSPS) is 22.4. The molecule has 0 bridgehead atoms. The molecule has 27 heavy (non-hydrogen) atoms. The number of nitrogens with zero attached hydrogens (tertiary/aromatic N) is 3. The third-order valence-electron chi connectivity index (χ3n) is 6.64. The number of para-hydroxylation sites is 1. The molecular weight excluding hydrogens is 354 g/mol. The van der Waals surface area contributed by atoms with Gasteiger partial charge in [-0.25, -0.2) is 0 Å². The third-order valence-corrected chi connectivity index (χ3v) is 7.57. The van der Waals surface area contributed by atoms with Crippen LogP contribution in [0.4, 0.5) is 0 Å². The fraction of sp³-hybridized carbons (Fsp3) is 0.682. The van der Waals surface area contributed by atoms with E-state index in [1.54, 1.807) is 0 Å². The largest absolute Gasteiger partial charge is 0.309 e. The Morgan fingerprint density at radius 3 is 2.33 bits per heavy atom. The Hall–Kier alpha value is -1.17. The van der Waals surface area contributed by atoms with E-state index in [0.29, 0.717) is 0 Å². The Balaban J connectivity index is 1.57. The minimum absolute atomic E-state index is 0.195. The average Bonchev–Trinajstić information content (AvgIpc) is 3.01. The number of hydrogen-bond acceptors (Lipinski definition) is 4. The Morgan fingerprint density at radius 2 is 1.63 bits per heavy atom. The van der Waals surface area contributed by atoms with E-state index in [2.05, 4.69) is 46.4 Å². The van der Waals surface area contributed by atoms with Gasteiger partial charge in [0.1, 0.15) is 0 Å². The van der Waals surface area contributed by atoms with Gasteiger partial charge in [0, 0.05) is 19.6 Å². The number of thiazole rings is 1. The number of likely N-dealkylation sites (tertiary alicyclic amines) is 2. The third kappa shape index (κ3) is 4.30. The molecule has 0 spiro atoms. The lowest BCUT2D eigenvalue weighted by Crippen LogP contribution is -2.43. The van der Waals surface area contributed by atoms with Crippen molar-refractivity contribution in [2.45, 2.75) is 52.1 Å². The first-order valence-corrected chi connectivity index (χ1v) is 11.5. The summed E-state index contributed by atoms with van der Waals surface area (Å²) in [6.07, 6.45) is 6.35. The minimum Gasteiger partial charge on any atom is -0.303 e. The van der Waals surface area contributed by atoms with E-state index in [1.165, 1.54) is 50.1 Å². The molecular formula is C22H33N3OS. The zero-order valence-electron chi connectivity index (χ0n) is 16.8. The molecule has 2 aliphatic heterocycles. The molecule has 2 aliphatic rings. The molecule has 1 atom stereocenters. The fourth-order valence-electron chi connectivity index (χ4n) is 4.65. The number of hydrogen-bond donors (Lipinski definition) is 0. The molecule has 1 unspecified atom stereocenters. The van der Waals surface area contributed by atoms with E-state index in [0.717, 1.165) is 48.1 Å². The molecule has 2 fully saturated rings. The van der Waals surface area contributed by atoms with Crippen molar-refractivity contribution in [1.82, 2.24) is 14.4 Å². The van der Waals surface area contributed by atoms with Gasteiger partial charge in [-0.1, -0.05) is 37.3 Å². The second-order valence-electron chi connectivity index (χ2n) is 8.72. The van der Waals surface area contributed by atoms with E-state index in [4.69, 9.17) is 0 Å². The van der Waals surface area contributed by atoms with Crippen molar-refractivity contribution in [3.05, 3.63) is 33.9 Å². The van der Waals surface area contributed by atoms with Crippen LogP contribution in [0.1, 0.15) is 52.1 Å². The predicted octanol–water partition coefficient (Wildman–Crippen LogP) is 4.42. The van der Waals surface area contributed by atoms with Gasteiger partial charge in [0.15, 0.2) is 0 Å². The molecule has 148 valence electrons. The smallest absolute Gasteiger partial charge is 0.303 e. The number of piperidine rings is 2. The van der Waals surface area contributed by atoms with E-state index < -0.39 is 0 Å². The van der Waals surface area contributed by atoms with Gasteiger partial charge in [0.25, 0.3) is 0 Å². The summed E-state index contributed by atoms with van der Waals surface area (Å²) in [6, 6.07) is 8.30. The molecule has 0 saturated carbocycles. The van der Waals surface area contributed by atoms with Crippen LogP contribution in [0, 0.1) is 11.8 Å². The summed E-state index contributed by atoms with van der Waals surface area (Å²) in [5.74, 6) is 1.67. The summed E-state index contributed by atoms with van der Waals surface area (Å²) in [6.45, 7) is 10.5. The maximum absolute atomic E-state index is 12.9. The molecule has 4 nitrogen and oxygen atoms in total. The number of benzene rings is 1. The SMILES string of the molecule is CC1CCN(CCC(N2CCC(C)CC2)n2c(=O)sc3ccccc32)CC1. The van der Waals surface area contributed by atoms with E-state index in [1.807, 2.05) is 6.07 Å². The first-order chi connectivity index (χ1) is 13.1. The molecule has 4 rings (SSSR count). The standard InChI is InChI=1S/C22H33N3OS/c1-17-7-12-23(13-8-17)14-11-21(24-15-9-18(2)10-16-24)25-19-5-3-4-6-20(19)27-22(25)26/h3-6,17-18,21H,7-16H2,1-2H3. The van der Waals surface area contributed by atoms with Crippen LogP contribution in [0.15, 0.2) is 29.1 Å². The average molecular weight is 388 g/mol. The Kier molecular flexibility index (Phi) is 6.00. The number of rotatable bonds is 5. The highest BCUT2D eigenvalue weighted by atomic mass is 32.1. The van der Waals surface area contributed by atoms with Gasteiger partial charge in [-0.3, -0.25) is 14.3 Å². The topological polar surface area (TPSA) is 28.5 Å². The quantitative estimate of drug-likeness (QED) is 0.760. The van der Waals surface area contributed by atoms with Gasteiger partial charge in [-0.05, 0) is 69.2 Å². The summed E-state index contributed by atoms with van der Waals surface area (Å²) in [7, 11) is 0. The second kappa shape index (κ2) is 8.46. The molecule has 0 N–H and O–H groups in total. The van der Waals surface area contributed by atoms with Gasteiger partial charge >= 0.3 is 4.87 Å². The van der Waals surface area contributed by atoms with Crippen LogP contribution in [-0.4, -0.2) is 47.1 Å². The molecule has 0 aliphatic carbocycles. The molecule has 1 aromatic carbocycles. The molecule has 3 heterocycles. The fourth-order valence-corrected chi connectivity index (χ4v) is 5.58. The lowest BCUT2D eigenvalue weighted by Gasteiger charge is -2.39. The van der Waals surface area contributed by atoms with Crippen molar-refractivity contribution in [3.8, 4) is 0 Å². The first-order valence-electron chi connectivity index (χ1n) is 10.7. The van der Waals surface area contributed by atoms with Crippen LogP contribution < -0.4 is 4.87 Å². The molecule has 1 aromatic heterocycles. The van der Waals surface area contributed by atoms with Crippen molar-refractivity contribution >= 4 is 21.6 Å². The highest BCUT2D eigenvalue weighted by molar-refractivity contribution is 7.16. The highest BCUT2D eigenvalue weighted by Gasteiger charge is 2.28. The summed E-state index contributed by atoms with van der Waals surface area (Å²) in [5.41, 5.74) is 1.11. The van der Waals surface area contributed by atoms with Gasteiger partial charge in [0.05, 0.1) is 16.4 Å². The van der Waals surface area contributed by atoms with Crippen molar-refractivity contribution in [1.29, 1.82) is 0 Å². The van der Waals surface area contributed by atoms with Crippen LogP contribution in [0.5, 0.6) is 0 Å². The molecule has 5 heteroatoms. The van der Waals surface area contributed by atoms with Crippen molar-refractivity contribution in [2.24, 2.45) is 11.8 Å². The summed E-state index contributed by atoms with van der Waals surface area (Å²) in [5, 5.41) is 0. The molecule has 2 saturated heterocycles. The van der Waals surface area contributed by atoms with Gasteiger partial charge in [-0.15, -0.1) is 0 Å². The first kappa shape index (κ1) is 19.2. The van der Waals surface area contributed by atoms with Crippen molar-refractivity contribution in [2.75, 3.05) is 32.7 Å². The van der Waals surface area contributed by atoms with Gasteiger partial charge in [-0.2, -0.15) is 0 Å². The summed E-state index contributed by atoms with van der Waals surface area (Å²) >= 11 is 1.40. The van der Waals surface area contributed by atoms with Crippen LogP contribution in [0.2, 0.25) is 0 Å². The lowest BCUT2D eigenvalue weighted by molar-refractivity contribution is 0.0745. The van der Waals surface area contributed by atoms with Crippen LogP contribution in [-0.2, 0) is 0 Å². The lowest BCUT2D eigenvalue weighted by atomic mass is 9.97. The van der Waals surface area contributed by atoms with Gasteiger partial charge in [0.2, 0.25) is 0 Å². The Bertz CT molecular complexity index is 797. The predicted molar refractivity (Wildman–Crippen MR) is 115 cm³/mol. The second-order valence-corrected chi connectivity index (χ2v) is 9.71. The summed E-state index contributed by atoms with van der Waals surface area (Å²) in [4.78, 5) is 18.3. The maximum atomic E-state index is 12.9. The monoisotopic (exact) mass is 387 g/mol. The molecule has 0 radical (unpaired) electrons. The minimum atomic E-state index is 0.195. The maximum Gasteiger partial charge on any atom is 0.309 e. The summed E-state index contributed by atoms with van der Waals surface area (Å²) < 4.78 is 3.22. The number of aromatic nitrogens is 1. The molecule has 2 aromatic rings. The van der Waals surface area contributed by atoms with E-state index >= 15 is 0 Å². The van der Waals surface area contributed by atoms with Crippen LogP contribution in [0.3, 0.4) is 0 Å². The van der Waals surface area contributed by atoms with Crippen molar-refractivity contribution < 1.29 is 0 Å². The van der Waals surface area contributed by atoms with Crippen LogP contribution in [0.25, 0.3) is 10.2 Å². The Morgan fingerprint density at radius 1 is 1.00 bits per heavy atom. The molecule has 0 amide bonds. The zero-order chi connectivity index (χ0) is 18.8. The zero-order valence-corrected chi connectivity index (χ0v) is 17.6.